The van der Waals surface area contributed by atoms with Crippen molar-refractivity contribution in [3.8, 4) is 0 Å². The van der Waals surface area contributed by atoms with Crippen molar-refractivity contribution < 1.29 is 17.7 Å². The molecule has 2 N–H and O–H groups in total. The number of quaternary nitrogens is 1. The van der Waals surface area contributed by atoms with Crippen LogP contribution in [0.4, 0.5) is 22.7 Å². The fraction of sp³-hybridized carbons (Fsp3) is 0.400. The van der Waals surface area contributed by atoms with E-state index in [0.29, 0.717) is 0 Å². The summed E-state index contributed by atoms with van der Waals surface area (Å²) in [7, 11) is 25.2. The minimum atomic E-state index is -4.33. The minimum absolute atomic E-state index is 0. The van der Waals surface area contributed by atoms with Gasteiger partial charge in [0, 0.05) is 61.8 Å². The number of benzene rings is 2. The van der Waals surface area contributed by atoms with E-state index in [1.807, 2.05) is 0 Å². The molecule has 0 saturated carbocycles. The zero-order valence-corrected chi connectivity index (χ0v) is 24.7. The Kier molecular flexibility index (Phi) is 14.2. The van der Waals surface area contributed by atoms with Gasteiger partial charge >= 0.3 is 55.8 Å². The second kappa shape index (κ2) is 14.0. The zero-order chi connectivity index (χ0) is 22.1. The van der Waals surface area contributed by atoms with Crippen LogP contribution in [0.15, 0.2) is 48.5 Å². The summed E-state index contributed by atoms with van der Waals surface area (Å²) in [5.74, 6) is 0. The van der Waals surface area contributed by atoms with E-state index in [0.717, 1.165) is 26.2 Å². The predicted molar refractivity (Wildman–Crippen MR) is 136 cm³/mol. The number of hydrogen-bond donors (Lipinski definition) is 1. The Morgan fingerprint density at radius 3 is 1.03 bits per heavy atom. The van der Waals surface area contributed by atoms with Crippen LogP contribution in [0.3, 0.4) is 0 Å². The van der Waals surface area contributed by atoms with Crippen molar-refractivity contribution in [1.82, 2.24) is 0 Å². The Balaban J connectivity index is 0.00000105. The molecule has 2 aromatic carbocycles. The maximum absolute atomic E-state index is 5.05. The van der Waals surface area contributed by atoms with Crippen LogP contribution < -0.4 is 27.5 Å². The van der Waals surface area contributed by atoms with Gasteiger partial charge in [0.05, 0.1) is 0 Å². The summed E-state index contributed by atoms with van der Waals surface area (Å²) in [6.45, 7) is 13.0. The average molecular weight is 647 g/mol. The second-order valence-electron chi connectivity index (χ2n) is 6.31. The first-order chi connectivity index (χ1) is 13.4. The van der Waals surface area contributed by atoms with E-state index in [9.17, 15) is 0 Å². The quantitative estimate of drug-likeness (QED) is 0.347. The summed E-state index contributed by atoms with van der Waals surface area (Å²) in [6.07, 6.45) is 0. The van der Waals surface area contributed by atoms with Crippen molar-refractivity contribution in [2.45, 2.75) is 27.7 Å². The fourth-order valence-corrected chi connectivity index (χ4v) is 2.93. The number of rotatable bonds is 8. The van der Waals surface area contributed by atoms with Crippen molar-refractivity contribution in [3.63, 3.8) is 0 Å². The predicted octanol–water partition coefficient (Wildman–Crippen LogP) is 3.98. The Bertz CT molecular complexity index is 654. The van der Waals surface area contributed by atoms with Crippen LogP contribution in [0, 0.1) is 0 Å². The molecule has 2 rings (SSSR count). The number of anilines is 2. The van der Waals surface area contributed by atoms with Gasteiger partial charge in [-0.3, -0.25) is 5.32 Å². The average Bonchev–Trinajstić information content (AvgIpc) is 2.64. The van der Waals surface area contributed by atoms with Gasteiger partial charge in [0.1, 0.15) is 11.4 Å². The summed E-state index contributed by atoms with van der Waals surface area (Å²) in [5.41, 5.74) is 5.08. The standard InChI is InChI=1S/C20H29N3.6ClH.Sb/c1-5-22(6-2)19-13-9-17(10-14-19)21-18-11-15-20(16-12-18)23(7-3)8-4;;;;;;;/h9-16,21H,5-8H2,1-4H3;6*1H;/q;;;;;;;+5/p-5. The molecule has 0 aliphatic carbocycles. The van der Waals surface area contributed by atoms with Crippen molar-refractivity contribution in [3.05, 3.63) is 48.5 Å². The Morgan fingerprint density at radius 1 is 0.600 bits per heavy atom. The maximum atomic E-state index is 5.05. The molecule has 0 amide bonds. The summed E-state index contributed by atoms with van der Waals surface area (Å²) >= 11 is -4.33. The van der Waals surface area contributed by atoms with E-state index in [2.05, 4.69) is 91.3 Å². The van der Waals surface area contributed by atoms with Gasteiger partial charge in [-0.2, -0.15) is 0 Å². The van der Waals surface area contributed by atoms with E-state index in [4.69, 9.17) is 44.1 Å². The molecule has 0 aliphatic heterocycles. The first-order valence-corrected chi connectivity index (χ1v) is 25.8. The third kappa shape index (κ3) is 13.2. The molecule has 0 saturated heterocycles. The molecule has 2 aromatic rings. The molecular formula is C20H30Cl6N3Sb. The van der Waals surface area contributed by atoms with E-state index < -0.39 is 11.7 Å². The molecule has 0 fully saturated rings. The molecule has 0 heterocycles. The van der Waals surface area contributed by atoms with Gasteiger partial charge in [-0.1, -0.05) is 0 Å². The molecule has 3 nitrogen and oxygen atoms in total. The van der Waals surface area contributed by atoms with Gasteiger partial charge in [-0.05, 0) is 52.0 Å². The van der Waals surface area contributed by atoms with E-state index in [1.54, 1.807) is 0 Å². The Hall–Kier alpha value is 0.558. The third-order valence-electron chi connectivity index (χ3n) is 4.38. The van der Waals surface area contributed by atoms with Gasteiger partial charge in [0.2, 0.25) is 0 Å². The van der Waals surface area contributed by atoms with E-state index in [-0.39, 0.29) is 12.4 Å². The second-order valence-corrected chi connectivity index (χ2v) is 44.2. The summed E-state index contributed by atoms with van der Waals surface area (Å²) < 4.78 is 0. The first kappa shape index (κ1) is 30.6. The van der Waals surface area contributed by atoms with E-state index >= 15 is 0 Å². The number of nitrogens with two attached hydrogens (primary N) is 1. The van der Waals surface area contributed by atoms with Crippen molar-refractivity contribution in [2.24, 2.45) is 0 Å². The van der Waals surface area contributed by atoms with Gasteiger partial charge in [0.15, 0.2) is 0 Å². The van der Waals surface area contributed by atoms with Gasteiger partial charge in [0.25, 0.3) is 0 Å². The fourth-order valence-electron chi connectivity index (χ4n) is 2.93. The Labute approximate surface area is 206 Å². The summed E-state index contributed by atoms with van der Waals surface area (Å²) in [6, 6.07) is 17.6. The number of nitrogens with zero attached hydrogens (tertiary/aromatic N) is 2. The van der Waals surface area contributed by atoms with Gasteiger partial charge < -0.3 is 22.2 Å². The molecule has 0 unspecified atom stereocenters. The van der Waals surface area contributed by atoms with Crippen LogP contribution in [0.25, 0.3) is 0 Å². The normalized spacial score (nSPS) is 12.0. The molecule has 0 spiro atoms. The first-order valence-electron chi connectivity index (χ1n) is 9.61. The van der Waals surface area contributed by atoms with Gasteiger partial charge in [-0.15, -0.1) is 0 Å². The Morgan fingerprint density at radius 2 is 0.833 bits per heavy atom. The number of hydrogen-bond acceptors (Lipinski definition) is 2. The molecule has 0 atom stereocenters. The van der Waals surface area contributed by atoms with Crippen LogP contribution in [0.1, 0.15) is 27.7 Å². The molecule has 0 aliphatic rings. The molecule has 172 valence electrons. The summed E-state index contributed by atoms with van der Waals surface area (Å²) in [4.78, 5) is 4.73. The number of halogens is 6. The molecule has 0 radical (unpaired) electrons. The van der Waals surface area contributed by atoms with Crippen molar-refractivity contribution >= 4 is 78.6 Å². The van der Waals surface area contributed by atoms with Crippen molar-refractivity contribution in [1.29, 1.82) is 0 Å². The zero-order valence-electron chi connectivity index (χ0n) is 17.6. The molecule has 30 heavy (non-hydrogen) atoms. The SMILES string of the molecule is CCN(CC)c1ccc([NH2+]c2ccc(N(CC)CC)cc2)cc1.[Cl-].[Cl][Sb]([Cl])([Cl])([Cl])[Cl]. The molecule has 0 bridgehead atoms. The van der Waals surface area contributed by atoms with Crippen LogP contribution in [-0.2, 0) is 0 Å². The molecule has 10 heteroatoms. The summed E-state index contributed by atoms with van der Waals surface area (Å²) in [5, 5.41) is 2.23. The monoisotopic (exact) mass is 643 g/mol. The van der Waals surface area contributed by atoms with Gasteiger partial charge in [-0.25, -0.2) is 0 Å². The third-order valence-corrected chi connectivity index (χ3v) is 4.38. The topological polar surface area (TPSA) is 23.1 Å². The van der Waals surface area contributed by atoms with Crippen LogP contribution in [-0.4, -0.2) is 37.9 Å². The van der Waals surface area contributed by atoms with Crippen LogP contribution >= 0.6 is 44.1 Å². The molecule has 0 aromatic heterocycles. The molecular weight excluding hydrogens is 617 g/mol. The van der Waals surface area contributed by atoms with E-state index in [1.165, 1.54) is 22.7 Å². The van der Waals surface area contributed by atoms with Crippen LogP contribution in [0.2, 0.25) is 0 Å². The van der Waals surface area contributed by atoms with Crippen LogP contribution in [0.5, 0.6) is 0 Å². The van der Waals surface area contributed by atoms with Crippen molar-refractivity contribution in [2.75, 3.05) is 36.0 Å².